The number of hydrogen-bond donors (Lipinski definition) is 3. The van der Waals surface area contributed by atoms with Crippen LogP contribution in [-0.2, 0) is 14.3 Å². The first-order valence-electron chi connectivity index (χ1n) is 7.16. The van der Waals surface area contributed by atoms with Crippen LogP contribution >= 0.6 is 24.8 Å². The Kier molecular flexibility index (Phi) is 11.1. The number of ether oxygens (including phenoxy) is 1. The molecular formula is C14H23Cl2N5O3. The van der Waals surface area contributed by atoms with Crippen LogP contribution in [0.1, 0.15) is 0 Å². The Morgan fingerprint density at radius 2 is 2.21 bits per heavy atom. The zero-order valence-electron chi connectivity index (χ0n) is 13.4. The van der Waals surface area contributed by atoms with E-state index in [0.29, 0.717) is 31.9 Å². The lowest BCUT2D eigenvalue weighted by Crippen LogP contribution is -2.48. The van der Waals surface area contributed by atoms with Crippen molar-refractivity contribution in [3.63, 3.8) is 0 Å². The summed E-state index contributed by atoms with van der Waals surface area (Å²) in [5.74, 6) is 0.585. The van der Waals surface area contributed by atoms with Gasteiger partial charge in [-0.1, -0.05) is 0 Å². The molecule has 24 heavy (non-hydrogen) atoms. The molecule has 2 rings (SSSR count). The molecule has 2 heterocycles. The summed E-state index contributed by atoms with van der Waals surface area (Å²) in [6.45, 7) is 3.06. The number of pyridine rings is 1. The minimum Gasteiger partial charge on any atom is -0.383 e. The van der Waals surface area contributed by atoms with Crippen LogP contribution in [0.3, 0.4) is 0 Å². The zero-order valence-corrected chi connectivity index (χ0v) is 15.0. The van der Waals surface area contributed by atoms with E-state index in [1.165, 1.54) is 0 Å². The van der Waals surface area contributed by atoms with Gasteiger partial charge in [-0.3, -0.25) is 9.59 Å². The van der Waals surface area contributed by atoms with Gasteiger partial charge in [0.05, 0.1) is 31.6 Å². The highest BCUT2D eigenvalue weighted by Crippen LogP contribution is 2.14. The van der Waals surface area contributed by atoms with Crippen molar-refractivity contribution < 1.29 is 14.3 Å². The fourth-order valence-corrected chi connectivity index (χ4v) is 2.06. The van der Waals surface area contributed by atoms with E-state index in [1.54, 1.807) is 25.4 Å². The minimum atomic E-state index is -0.136. The van der Waals surface area contributed by atoms with E-state index in [9.17, 15) is 9.59 Å². The Labute approximate surface area is 153 Å². The molecule has 1 aromatic rings. The number of carbonyl (C=O) groups excluding carboxylic acids is 2. The van der Waals surface area contributed by atoms with Gasteiger partial charge in [0.15, 0.2) is 0 Å². The fourth-order valence-electron chi connectivity index (χ4n) is 2.06. The van der Waals surface area contributed by atoms with Crippen molar-refractivity contribution in [3.05, 3.63) is 18.3 Å². The number of aromatic nitrogens is 1. The quantitative estimate of drug-likeness (QED) is 0.578. The van der Waals surface area contributed by atoms with E-state index in [2.05, 4.69) is 20.9 Å². The molecule has 0 aliphatic carbocycles. The van der Waals surface area contributed by atoms with E-state index in [1.807, 2.05) is 4.90 Å². The first-order valence-corrected chi connectivity index (χ1v) is 7.16. The first kappa shape index (κ1) is 22.4. The number of nitrogens with one attached hydrogen (secondary N) is 3. The van der Waals surface area contributed by atoms with Gasteiger partial charge in [-0.15, -0.1) is 24.8 Å². The number of methoxy groups -OCH3 is 1. The molecule has 1 saturated heterocycles. The van der Waals surface area contributed by atoms with Crippen molar-refractivity contribution in [1.29, 1.82) is 0 Å². The number of hydrogen-bond acceptors (Lipinski definition) is 6. The van der Waals surface area contributed by atoms with Crippen molar-refractivity contribution in [1.82, 2.24) is 15.6 Å². The summed E-state index contributed by atoms with van der Waals surface area (Å²) >= 11 is 0. The third-order valence-electron chi connectivity index (χ3n) is 3.16. The third-order valence-corrected chi connectivity index (χ3v) is 3.16. The van der Waals surface area contributed by atoms with Gasteiger partial charge in [0.25, 0.3) is 0 Å². The second-order valence-electron chi connectivity index (χ2n) is 4.89. The Hall–Kier alpha value is -1.61. The van der Waals surface area contributed by atoms with Crippen molar-refractivity contribution in [2.45, 2.75) is 0 Å². The van der Waals surface area contributed by atoms with Gasteiger partial charge in [0.2, 0.25) is 11.8 Å². The van der Waals surface area contributed by atoms with E-state index < -0.39 is 0 Å². The van der Waals surface area contributed by atoms with Crippen molar-refractivity contribution in [3.8, 4) is 0 Å². The molecule has 1 fully saturated rings. The molecule has 0 bridgehead atoms. The molecule has 136 valence electrons. The fraction of sp³-hybridized carbons (Fsp3) is 0.500. The van der Waals surface area contributed by atoms with Crippen molar-refractivity contribution in [2.24, 2.45) is 0 Å². The summed E-state index contributed by atoms with van der Waals surface area (Å²) in [6, 6.07) is 3.58. The molecule has 10 heteroatoms. The van der Waals surface area contributed by atoms with Crippen LogP contribution in [0, 0.1) is 0 Å². The summed E-state index contributed by atoms with van der Waals surface area (Å²) in [4.78, 5) is 29.2. The number of piperazine rings is 1. The topological polar surface area (TPSA) is 95.6 Å². The lowest BCUT2D eigenvalue weighted by Gasteiger charge is -2.27. The second-order valence-corrected chi connectivity index (χ2v) is 4.89. The molecule has 0 aromatic carbocycles. The van der Waals surface area contributed by atoms with Gasteiger partial charge in [-0.05, 0) is 12.1 Å². The molecule has 8 nitrogen and oxygen atoms in total. The number of halogens is 2. The van der Waals surface area contributed by atoms with E-state index in [0.717, 1.165) is 12.4 Å². The maximum absolute atomic E-state index is 11.7. The van der Waals surface area contributed by atoms with Gasteiger partial charge in [-0.25, -0.2) is 4.98 Å². The summed E-state index contributed by atoms with van der Waals surface area (Å²) in [6.07, 6.45) is 1.59. The van der Waals surface area contributed by atoms with Crippen LogP contribution < -0.4 is 20.9 Å². The Morgan fingerprint density at radius 1 is 1.42 bits per heavy atom. The van der Waals surface area contributed by atoms with Gasteiger partial charge < -0.3 is 25.6 Å². The van der Waals surface area contributed by atoms with Crippen molar-refractivity contribution >= 4 is 48.1 Å². The van der Waals surface area contributed by atoms with Crippen LogP contribution in [0.15, 0.2) is 18.3 Å². The molecule has 3 N–H and O–H groups in total. The molecular weight excluding hydrogens is 357 g/mol. The van der Waals surface area contributed by atoms with Gasteiger partial charge in [0.1, 0.15) is 5.82 Å². The second kappa shape index (κ2) is 11.9. The molecule has 1 aromatic heterocycles. The Balaban J connectivity index is 0.00000264. The molecule has 0 atom stereocenters. The third kappa shape index (κ3) is 7.31. The standard InChI is InChI=1S/C14H21N5O3.2ClH/c1-22-7-5-15-9-13(20)18-11-2-3-12(17-8-11)19-6-4-16-14(21)10-19;;/h2-3,8,15H,4-7,9-10H2,1H3,(H,16,21)(H,18,20);2*1H. The SMILES string of the molecule is COCCNCC(=O)Nc1ccc(N2CCNC(=O)C2)nc1.Cl.Cl. The zero-order chi connectivity index (χ0) is 15.8. The normalized spacial score (nSPS) is 13.4. The van der Waals surface area contributed by atoms with Crippen LogP contribution in [0.4, 0.5) is 11.5 Å². The van der Waals surface area contributed by atoms with Crippen LogP contribution in [0.25, 0.3) is 0 Å². The largest absolute Gasteiger partial charge is 0.383 e. The number of anilines is 2. The Morgan fingerprint density at radius 3 is 2.83 bits per heavy atom. The molecule has 0 spiro atoms. The highest BCUT2D eigenvalue weighted by molar-refractivity contribution is 5.92. The summed E-state index contributed by atoms with van der Waals surface area (Å²) < 4.78 is 4.88. The molecule has 0 radical (unpaired) electrons. The summed E-state index contributed by atoms with van der Waals surface area (Å²) in [5.41, 5.74) is 0.628. The molecule has 2 amide bonds. The van der Waals surface area contributed by atoms with Crippen LogP contribution in [-0.4, -0.2) is 63.2 Å². The average Bonchev–Trinajstić information content (AvgIpc) is 2.52. The van der Waals surface area contributed by atoms with E-state index in [4.69, 9.17) is 4.74 Å². The number of rotatable bonds is 7. The van der Waals surface area contributed by atoms with Gasteiger partial charge in [0, 0.05) is 26.7 Å². The predicted molar refractivity (Wildman–Crippen MR) is 97.3 cm³/mol. The number of carbonyl (C=O) groups is 2. The number of nitrogens with zero attached hydrogens (tertiary/aromatic N) is 2. The highest BCUT2D eigenvalue weighted by Gasteiger charge is 2.17. The molecule has 0 saturated carbocycles. The maximum Gasteiger partial charge on any atom is 0.239 e. The lowest BCUT2D eigenvalue weighted by molar-refractivity contribution is -0.120. The van der Waals surface area contributed by atoms with Crippen LogP contribution in [0.2, 0.25) is 0 Å². The lowest BCUT2D eigenvalue weighted by atomic mass is 10.3. The van der Waals surface area contributed by atoms with E-state index >= 15 is 0 Å². The summed E-state index contributed by atoms with van der Waals surface area (Å²) in [5, 5.41) is 8.49. The van der Waals surface area contributed by atoms with Gasteiger partial charge in [-0.2, -0.15) is 0 Å². The Bertz CT molecular complexity index is 516. The van der Waals surface area contributed by atoms with Gasteiger partial charge >= 0.3 is 0 Å². The number of amides is 2. The minimum absolute atomic E-state index is 0. The highest BCUT2D eigenvalue weighted by atomic mass is 35.5. The van der Waals surface area contributed by atoms with E-state index in [-0.39, 0.29) is 43.2 Å². The molecule has 1 aliphatic heterocycles. The van der Waals surface area contributed by atoms with Crippen molar-refractivity contribution in [2.75, 3.05) is 56.7 Å². The smallest absolute Gasteiger partial charge is 0.239 e. The summed E-state index contributed by atoms with van der Waals surface area (Å²) in [7, 11) is 1.61. The molecule has 0 unspecified atom stereocenters. The first-order chi connectivity index (χ1) is 10.7. The predicted octanol–water partition coefficient (Wildman–Crippen LogP) is 0.0359. The average molecular weight is 380 g/mol. The monoisotopic (exact) mass is 379 g/mol. The maximum atomic E-state index is 11.7. The molecule has 1 aliphatic rings. The van der Waals surface area contributed by atoms with Crippen LogP contribution in [0.5, 0.6) is 0 Å².